The van der Waals surface area contributed by atoms with E-state index in [1.54, 1.807) is 11.8 Å². The highest BCUT2D eigenvalue weighted by atomic mass is 32.2. The lowest BCUT2D eigenvalue weighted by atomic mass is 10.3. The van der Waals surface area contributed by atoms with E-state index in [1.165, 1.54) is 9.79 Å². The summed E-state index contributed by atoms with van der Waals surface area (Å²) < 4.78 is 0. The summed E-state index contributed by atoms with van der Waals surface area (Å²) in [6, 6.07) is 18.5. The molecule has 2 aromatic carbocycles. The molecule has 0 saturated heterocycles. The Balaban J connectivity index is 2.08. The molecule has 0 saturated carbocycles. The van der Waals surface area contributed by atoms with Gasteiger partial charge in [-0.3, -0.25) is 0 Å². The summed E-state index contributed by atoms with van der Waals surface area (Å²) in [5.74, 6) is 0. The third-order valence-corrected chi connectivity index (χ3v) is 3.97. The molecule has 0 atom stereocenters. The van der Waals surface area contributed by atoms with Gasteiger partial charge in [0, 0.05) is 16.3 Å². The van der Waals surface area contributed by atoms with Gasteiger partial charge in [0.2, 0.25) is 0 Å². The quantitative estimate of drug-likeness (QED) is 0.792. The maximum absolute atomic E-state index is 5.29. The summed E-state index contributed by atoms with van der Waals surface area (Å²) in [6.07, 6.45) is 1.06. The minimum Gasteiger partial charge on any atom is -0.362 e. The van der Waals surface area contributed by atoms with E-state index in [9.17, 15) is 0 Å². The zero-order valence-electron chi connectivity index (χ0n) is 11.4. The second-order valence-corrected chi connectivity index (χ2v) is 5.82. The van der Waals surface area contributed by atoms with Crippen molar-refractivity contribution in [1.29, 1.82) is 0 Å². The largest absolute Gasteiger partial charge is 0.362 e. The molecule has 4 heteroatoms. The fourth-order valence-electron chi connectivity index (χ4n) is 1.68. The van der Waals surface area contributed by atoms with Gasteiger partial charge < -0.3 is 10.6 Å². The molecule has 0 bridgehead atoms. The van der Waals surface area contributed by atoms with Crippen LogP contribution in [0.4, 0.5) is 5.69 Å². The molecule has 0 heterocycles. The first-order valence-corrected chi connectivity index (χ1v) is 7.89. The Kier molecular flexibility index (Phi) is 5.89. The summed E-state index contributed by atoms with van der Waals surface area (Å²) in [5.41, 5.74) is 1.04. The Hall–Kier alpha value is -1.52. The molecule has 0 amide bonds. The molecule has 104 valence electrons. The Labute approximate surface area is 130 Å². The van der Waals surface area contributed by atoms with Gasteiger partial charge in [-0.25, -0.2) is 0 Å². The molecule has 20 heavy (non-hydrogen) atoms. The molecule has 2 aromatic rings. The second kappa shape index (κ2) is 7.92. The van der Waals surface area contributed by atoms with Gasteiger partial charge in [-0.2, -0.15) is 0 Å². The number of anilines is 1. The number of para-hydroxylation sites is 1. The summed E-state index contributed by atoms with van der Waals surface area (Å²) in [7, 11) is 0. The van der Waals surface area contributed by atoms with Crippen LogP contribution >= 0.6 is 24.0 Å². The molecule has 2 N–H and O–H groups in total. The van der Waals surface area contributed by atoms with Crippen LogP contribution in [0.15, 0.2) is 64.4 Å². The van der Waals surface area contributed by atoms with Gasteiger partial charge in [-0.15, -0.1) is 0 Å². The zero-order valence-corrected chi connectivity index (χ0v) is 13.1. The molecule has 0 unspecified atom stereocenters. The van der Waals surface area contributed by atoms with E-state index in [2.05, 4.69) is 35.8 Å². The summed E-state index contributed by atoms with van der Waals surface area (Å²) in [6.45, 7) is 3.01. The molecule has 0 fully saturated rings. The van der Waals surface area contributed by atoms with Crippen LogP contribution in [0.2, 0.25) is 0 Å². The van der Waals surface area contributed by atoms with Gasteiger partial charge >= 0.3 is 0 Å². The molecule has 0 spiro atoms. The van der Waals surface area contributed by atoms with Crippen molar-refractivity contribution >= 4 is 34.8 Å². The highest BCUT2D eigenvalue weighted by Gasteiger charge is 2.05. The van der Waals surface area contributed by atoms with Crippen molar-refractivity contribution in [2.75, 3.05) is 11.9 Å². The fraction of sp³-hybridized carbons (Fsp3) is 0.188. The van der Waals surface area contributed by atoms with Crippen molar-refractivity contribution < 1.29 is 0 Å². The van der Waals surface area contributed by atoms with Gasteiger partial charge in [0.25, 0.3) is 0 Å². The van der Waals surface area contributed by atoms with Crippen molar-refractivity contribution in [1.82, 2.24) is 5.32 Å². The topological polar surface area (TPSA) is 24.1 Å². The molecule has 2 nitrogen and oxygen atoms in total. The molecular weight excluding hydrogens is 284 g/mol. The van der Waals surface area contributed by atoms with E-state index in [0.717, 1.165) is 18.7 Å². The van der Waals surface area contributed by atoms with E-state index in [0.29, 0.717) is 5.11 Å². The van der Waals surface area contributed by atoms with Crippen molar-refractivity contribution in [3.8, 4) is 0 Å². The third-order valence-electron chi connectivity index (χ3n) is 2.64. The molecule has 0 aromatic heterocycles. The molecule has 0 aliphatic carbocycles. The second-order valence-electron chi connectivity index (χ2n) is 4.29. The van der Waals surface area contributed by atoms with E-state index >= 15 is 0 Å². The summed E-state index contributed by atoms with van der Waals surface area (Å²) >= 11 is 7.02. The minimum atomic E-state index is 0.674. The van der Waals surface area contributed by atoms with E-state index < -0.39 is 0 Å². The number of rotatable bonds is 5. The maximum Gasteiger partial charge on any atom is 0.170 e. The number of hydrogen-bond donors (Lipinski definition) is 2. The van der Waals surface area contributed by atoms with Gasteiger partial charge in [0.15, 0.2) is 5.11 Å². The van der Waals surface area contributed by atoms with Crippen LogP contribution in [-0.2, 0) is 0 Å². The van der Waals surface area contributed by atoms with Gasteiger partial charge in [0.1, 0.15) is 0 Å². The van der Waals surface area contributed by atoms with Crippen LogP contribution in [0.3, 0.4) is 0 Å². The predicted octanol–water partition coefficient (Wildman–Crippen LogP) is 4.53. The molecular formula is C16H18N2S2. The van der Waals surface area contributed by atoms with E-state index in [4.69, 9.17) is 12.2 Å². The first kappa shape index (κ1) is 14.9. The number of nitrogens with one attached hydrogen (secondary N) is 2. The maximum atomic E-state index is 5.29. The van der Waals surface area contributed by atoms with Gasteiger partial charge in [0.05, 0.1) is 5.69 Å². The lowest BCUT2D eigenvalue weighted by molar-refractivity contribution is 0.846. The van der Waals surface area contributed by atoms with Gasteiger partial charge in [-0.05, 0) is 42.9 Å². The van der Waals surface area contributed by atoms with Crippen LogP contribution in [0.25, 0.3) is 0 Å². The zero-order chi connectivity index (χ0) is 14.2. The first-order valence-electron chi connectivity index (χ1n) is 6.66. The monoisotopic (exact) mass is 302 g/mol. The van der Waals surface area contributed by atoms with E-state index in [1.807, 2.05) is 36.4 Å². The van der Waals surface area contributed by atoms with Gasteiger partial charge in [-0.1, -0.05) is 49.0 Å². The van der Waals surface area contributed by atoms with Crippen LogP contribution in [0.5, 0.6) is 0 Å². The normalized spacial score (nSPS) is 10.1. The standard InChI is InChI=1S/C16H18N2S2/c1-2-12-17-16(19)18-14-10-6-7-11-15(14)20-13-8-4-3-5-9-13/h3-11H,2,12H2,1H3,(H2,17,18,19). The minimum absolute atomic E-state index is 0.674. The average molecular weight is 302 g/mol. The predicted molar refractivity (Wildman–Crippen MR) is 91.5 cm³/mol. The van der Waals surface area contributed by atoms with Crippen molar-refractivity contribution in [2.24, 2.45) is 0 Å². The number of thiocarbonyl (C=S) groups is 1. The number of benzene rings is 2. The lowest BCUT2D eigenvalue weighted by Crippen LogP contribution is -2.29. The van der Waals surface area contributed by atoms with Crippen LogP contribution < -0.4 is 10.6 Å². The average Bonchev–Trinajstić information content (AvgIpc) is 2.48. The van der Waals surface area contributed by atoms with Crippen molar-refractivity contribution in [3.05, 3.63) is 54.6 Å². The smallest absolute Gasteiger partial charge is 0.170 e. The molecule has 0 aliphatic rings. The Morgan fingerprint density at radius 2 is 1.75 bits per heavy atom. The highest BCUT2D eigenvalue weighted by Crippen LogP contribution is 2.33. The van der Waals surface area contributed by atoms with Crippen LogP contribution in [0, 0.1) is 0 Å². The Morgan fingerprint density at radius 3 is 2.50 bits per heavy atom. The highest BCUT2D eigenvalue weighted by molar-refractivity contribution is 7.99. The summed E-state index contributed by atoms with van der Waals surface area (Å²) in [5, 5.41) is 7.12. The molecule has 2 rings (SSSR count). The Bertz CT molecular complexity index is 555. The fourth-order valence-corrected chi connectivity index (χ4v) is 2.81. The SMILES string of the molecule is CCCNC(=S)Nc1ccccc1Sc1ccccc1. The lowest BCUT2D eigenvalue weighted by Gasteiger charge is -2.13. The van der Waals surface area contributed by atoms with Crippen LogP contribution in [-0.4, -0.2) is 11.7 Å². The number of hydrogen-bond acceptors (Lipinski definition) is 2. The van der Waals surface area contributed by atoms with E-state index in [-0.39, 0.29) is 0 Å². The first-order chi connectivity index (χ1) is 9.79. The Morgan fingerprint density at radius 1 is 1.05 bits per heavy atom. The van der Waals surface area contributed by atoms with Crippen LogP contribution in [0.1, 0.15) is 13.3 Å². The molecule has 0 aliphatic heterocycles. The van der Waals surface area contributed by atoms with Crippen molar-refractivity contribution in [3.63, 3.8) is 0 Å². The third kappa shape index (κ3) is 4.54. The van der Waals surface area contributed by atoms with Crippen molar-refractivity contribution in [2.45, 2.75) is 23.1 Å². The molecule has 0 radical (unpaired) electrons. The summed E-state index contributed by atoms with van der Waals surface area (Å²) in [4.78, 5) is 2.38.